The summed E-state index contributed by atoms with van der Waals surface area (Å²) in [4.78, 5) is 19.2. The van der Waals surface area contributed by atoms with Gasteiger partial charge >= 0.3 is 0 Å². The van der Waals surface area contributed by atoms with Gasteiger partial charge in [0.05, 0.1) is 18.0 Å². The number of hydrogen-bond donors (Lipinski definition) is 0. The first-order chi connectivity index (χ1) is 16.9. The summed E-state index contributed by atoms with van der Waals surface area (Å²) in [7, 11) is 0. The minimum Gasteiger partial charge on any atom is -0.299 e. The van der Waals surface area contributed by atoms with Crippen LogP contribution in [-0.4, -0.2) is 87.8 Å². The third kappa shape index (κ3) is 3.39. The van der Waals surface area contributed by atoms with Crippen molar-refractivity contribution in [1.29, 1.82) is 0 Å². The van der Waals surface area contributed by atoms with Crippen LogP contribution < -0.4 is 0 Å². The van der Waals surface area contributed by atoms with E-state index in [4.69, 9.17) is 0 Å². The Balaban J connectivity index is 1.30. The molecule has 0 amide bonds. The van der Waals surface area contributed by atoms with Crippen molar-refractivity contribution in [1.82, 2.24) is 14.7 Å². The van der Waals surface area contributed by atoms with Gasteiger partial charge in [-0.05, 0) is 24.8 Å². The van der Waals surface area contributed by atoms with Crippen LogP contribution in [0.3, 0.4) is 0 Å². The van der Waals surface area contributed by atoms with Gasteiger partial charge < -0.3 is 0 Å². The minimum absolute atomic E-state index is 0.00464. The Morgan fingerprint density at radius 3 is 2.29 bits per heavy atom. The highest BCUT2D eigenvalue weighted by molar-refractivity contribution is 5.33. The highest BCUT2D eigenvalue weighted by Crippen LogP contribution is 2.53. The second kappa shape index (κ2) is 8.37. The number of piperazine rings is 2. The van der Waals surface area contributed by atoms with Crippen LogP contribution in [0.5, 0.6) is 0 Å². The van der Waals surface area contributed by atoms with Crippen LogP contribution in [0.2, 0.25) is 0 Å². The summed E-state index contributed by atoms with van der Waals surface area (Å²) in [5.41, 5.74) is 2.89. The van der Waals surface area contributed by atoms with E-state index in [1.807, 2.05) is 12.1 Å². The molecule has 186 valence electrons. The van der Waals surface area contributed by atoms with Crippen molar-refractivity contribution >= 4 is 5.69 Å². The Bertz CT molecular complexity index is 1080. The smallest absolute Gasteiger partial charge is 0.269 e. The Kier molecular flexibility index (Phi) is 5.53. The molecule has 1 unspecified atom stereocenters. The molecule has 0 radical (unpaired) electrons. The molecule has 7 nitrogen and oxygen atoms in total. The van der Waals surface area contributed by atoms with E-state index < -0.39 is 0 Å². The molecule has 4 fully saturated rings. The van der Waals surface area contributed by atoms with Crippen molar-refractivity contribution in [2.45, 2.75) is 44.6 Å². The minimum atomic E-state index is -0.312. The number of nitro benzene ring substituents is 1. The van der Waals surface area contributed by atoms with Crippen LogP contribution in [0, 0.1) is 16.0 Å². The first kappa shape index (κ1) is 23.1. The number of non-ortho nitro benzene ring substituents is 1. The van der Waals surface area contributed by atoms with Gasteiger partial charge in [-0.15, -0.1) is 0 Å². The molecule has 0 saturated carbocycles. The van der Waals surface area contributed by atoms with E-state index in [0.29, 0.717) is 5.92 Å². The fraction of sp³-hybridized carbons (Fsp3) is 0.571. The van der Waals surface area contributed by atoms with E-state index >= 15 is 0 Å². The van der Waals surface area contributed by atoms with E-state index in [-0.39, 0.29) is 21.9 Å². The quantitative estimate of drug-likeness (QED) is 0.375. The lowest BCUT2D eigenvalue weighted by atomic mass is 9.75. The molecule has 35 heavy (non-hydrogen) atoms. The van der Waals surface area contributed by atoms with Gasteiger partial charge in [-0.2, -0.15) is 0 Å². The first-order valence-electron chi connectivity index (χ1n) is 13.2. The molecular formula is C28H38N5O2+. The number of rotatable bonds is 5. The van der Waals surface area contributed by atoms with Gasteiger partial charge in [-0.25, -0.2) is 4.90 Å². The fourth-order valence-electron chi connectivity index (χ4n) is 8.18. The van der Waals surface area contributed by atoms with Crippen molar-refractivity contribution in [2.75, 3.05) is 52.4 Å². The van der Waals surface area contributed by atoms with E-state index in [9.17, 15) is 10.1 Å². The fourth-order valence-corrected chi connectivity index (χ4v) is 8.18. The summed E-state index contributed by atoms with van der Waals surface area (Å²) in [6, 6.07) is 18.3. The molecule has 0 aliphatic carbocycles. The average molecular weight is 477 g/mol. The van der Waals surface area contributed by atoms with Crippen molar-refractivity contribution in [3.05, 3.63) is 75.8 Å². The molecule has 4 aliphatic rings. The van der Waals surface area contributed by atoms with Gasteiger partial charge in [0.15, 0.2) is 5.66 Å². The predicted octanol–water partition coefficient (Wildman–Crippen LogP) is 3.55. The summed E-state index contributed by atoms with van der Waals surface area (Å²) < 4.78 is 1.16. The van der Waals surface area contributed by atoms with Gasteiger partial charge in [0.25, 0.3) is 5.69 Å². The summed E-state index contributed by atoms with van der Waals surface area (Å²) in [6.45, 7) is 15.4. The highest BCUT2D eigenvalue weighted by Gasteiger charge is 2.72. The number of nitrogens with zero attached hydrogens (tertiary/aromatic N) is 5. The van der Waals surface area contributed by atoms with Crippen LogP contribution >= 0.6 is 0 Å². The second-order valence-electron chi connectivity index (χ2n) is 11.5. The highest BCUT2D eigenvalue weighted by atomic mass is 16.6. The normalized spacial score (nSPS) is 35.4. The topological polar surface area (TPSA) is 52.9 Å². The molecule has 7 heteroatoms. The zero-order valence-corrected chi connectivity index (χ0v) is 21.1. The van der Waals surface area contributed by atoms with Gasteiger partial charge in [-0.3, -0.25) is 24.4 Å². The van der Waals surface area contributed by atoms with Crippen molar-refractivity contribution in [2.24, 2.45) is 5.92 Å². The largest absolute Gasteiger partial charge is 0.299 e. The number of quaternary nitrogens is 1. The van der Waals surface area contributed by atoms with Crippen LogP contribution in [0.4, 0.5) is 5.69 Å². The molecule has 0 spiro atoms. The second-order valence-corrected chi connectivity index (χ2v) is 11.5. The van der Waals surface area contributed by atoms with Crippen molar-refractivity contribution < 1.29 is 9.41 Å². The molecule has 0 bridgehead atoms. The molecule has 6 rings (SSSR count). The molecule has 4 heterocycles. The number of hydrogen-bond acceptors (Lipinski definition) is 5. The monoisotopic (exact) mass is 476 g/mol. The lowest BCUT2D eigenvalue weighted by Crippen LogP contribution is -2.94. The molecule has 0 aromatic heterocycles. The van der Waals surface area contributed by atoms with Crippen LogP contribution in [0.25, 0.3) is 0 Å². The maximum atomic E-state index is 11.1. The number of benzene rings is 2. The lowest BCUT2D eigenvalue weighted by Gasteiger charge is -2.75. The Morgan fingerprint density at radius 2 is 1.57 bits per heavy atom. The molecule has 2 aromatic carbocycles. The molecule has 0 N–H and O–H groups in total. The zero-order chi connectivity index (χ0) is 24.3. The van der Waals surface area contributed by atoms with Crippen LogP contribution in [0.15, 0.2) is 54.6 Å². The third-order valence-electron chi connectivity index (χ3n) is 10.1. The van der Waals surface area contributed by atoms with E-state index in [1.165, 1.54) is 37.2 Å². The molecular weight excluding hydrogens is 438 g/mol. The van der Waals surface area contributed by atoms with Crippen molar-refractivity contribution in [3.63, 3.8) is 0 Å². The summed E-state index contributed by atoms with van der Waals surface area (Å²) >= 11 is 0. The van der Waals surface area contributed by atoms with E-state index in [0.717, 1.165) is 50.2 Å². The van der Waals surface area contributed by atoms with E-state index in [1.54, 1.807) is 12.1 Å². The molecule has 4 atom stereocenters. The van der Waals surface area contributed by atoms with Gasteiger partial charge in [0.2, 0.25) is 0 Å². The standard InChI is InChI=1S/C28H38N5O2/c1-27-28(2)29-13-6-17-33(28,22-24-7-4-3-5-8-24)18-16-31(27)21-25(20-30(27)15-14-29)19-23-9-11-26(12-10-23)32(34)35/h3-5,7-12,25H,6,13-22H2,1-2H3/q+1/t25-,27+,28-,33?/m1/s1. The Hall–Kier alpha value is -2.32. The first-order valence-corrected chi connectivity index (χ1v) is 13.2. The van der Waals surface area contributed by atoms with Crippen LogP contribution in [0.1, 0.15) is 31.4 Å². The number of nitro groups is 1. The summed E-state index contributed by atoms with van der Waals surface area (Å²) in [5, 5.41) is 11.1. The summed E-state index contributed by atoms with van der Waals surface area (Å²) in [5.74, 6) is 0.539. The third-order valence-corrected chi connectivity index (χ3v) is 10.1. The van der Waals surface area contributed by atoms with Crippen LogP contribution in [-0.2, 0) is 13.0 Å². The average Bonchev–Trinajstić information content (AvgIpc) is 2.85. The summed E-state index contributed by atoms with van der Waals surface area (Å²) in [6.07, 6.45) is 2.26. The van der Waals surface area contributed by atoms with Gasteiger partial charge in [0, 0.05) is 70.3 Å². The Morgan fingerprint density at radius 1 is 0.886 bits per heavy atom. The molecule has 4 saturated heterocycles. The Labute approximate surface area is 208 Å². The maximum absolute atomic E-state index is 11.1. The molecule has 2 aromatic rings. The lowest BCUT2D eigenvalue weighted by molar-refractivity contribution is -1.02. The van der Waals surface area contributed by atoms with Crippen molar-refractivity contribution in [3.8, 4) is 0 Å². The predicted molar refractivity (Wildman–Crippen MR) is 137 cm³/mol. The van der Waals surface area contributed by atoms with E-state index in [2.05, 4.69) is 58.9 Å². The SMILES string of the molecule is C[C@]12N3CCN4CCC[N+](Cc5ccccc5)(CCN1C[C@H](Cc1ccc([N+](=O)[O-])cc1)C3)[C@@]42C. The van der Waals surface area contributed by atoms with Gasteiger partial charge in [0.1, 0.15) is 12.2 Å². The molecule has 4 aliphatic heterocycles. The maximum Gasteiger partial charge on any atom is 0.269 e. The zero-order valence-electron chi connectivity index (χ0n) is 21.1. The van der Waals surface area contributed by atoms with Gasteiger partial charge in [-0.1, -0.05) is 42.5 Å².